The Morgan fingerprint density at radius 2 is 1.03 bits per heavy atom. The molecule has 126 valence electrons. The Kier molecular flexibility index (Phi) is 14.0. The molecule has 0 aliphatic carbocycles. The Bertz CT molecular complexity index is 775. The average molecular weight is 387 g/mol. The first kappa shape index (κ1) is 30.8. The number of fused-ring (bicyclic) bond motifs is 1. The van der Waals surface area contributed by atoms with Crippen molar-refractivity contribution in [3.63, 3.8) is 0 Å². The van der Waals surface area contributed by atoms with Crippen LogP contribution < -0.4 is 5.32 Å². The molecular weight excluding hydrogens is 374 g/mol. The Labute approximate surface area is 219 Å². The number of nitrogens with one attached hydrogen (secondary N) is 1. The van der Waals surface area contributed by atoms with E-state index in [1.165, 1.54) is 16.5 Å². The summed E-state index contributed by atoms with van der Waals surface area (Å²) in [6.45, 7) is 3.08. The molecule has 33 heavy (non-hydrogen) atoms. The van der Waals surface area contributed by atoms with Gasteiger partial charge in [-0.3, -0.25) is 0 Å². The van der Waals surface area contributed by atoms with Gasteiger partial charge in [-0.2, -0.15) is 0 Å². The van der Waals surface area contributed by atoms with Gasteiger partial charge in [0.05, 0.1) is 0 Å². The highest BCUT2D eigenvalue weighted by Gasteiger charge is 2.44. The van der Waals surface area contributed by atoms with E-state index in [9.17, 15) is 0 Å². The Morgan fingerprint density at radius 1 is 0.576 bits per heavy atom. The van der Waals surface area contributed by atoms with Gasteiger partial charge in [0, 0.05) is 160 Å². The third kappa shape index (κ3) is 9.07. The normalized spacial score (nSPS) is 9.61. The summed E-state index contributed by atoms with van der Waals surface area (Å²) in [5, 5.41) is 5.94. The van der Waals surface area contributed by atoms with Gasteiger partial charge in [0.25, 0.3) is 0 Å². The maximum absolute atomic E-state index is 6.02. The van der Waals surface area contributed by atoms with Crippen LogP contribution in [0.4, 0.5) is 5.69 Å². The van der Waals surface area contributed by atoms with Crippen molar-refractivity contribution >= 4 is 159 Å². The molecule has 2 aromatic rings. The van der Waals surface area contributed by atoms with Crippen LogP contribution in [-0.4, -0.2) is 149 Å². The van der Waals surface area contributed by atoms with Gasteiger partial charge in [0.2, 0.25) is 0 Å². The molecule has 0 atom stereocenters. The fraction of sp³-hybridized carbons (Fsp3) is 0.167. The molecule has 0 aliphatic heterocycles. The van der Waals surface area contributed by atoms with Gasteiger partial charge in [-0.15, -0.1) is 0 Å². The summed E-state index contributed by atoms with van der Waals surface area (Å²) in [6.07, 6.45) is -7.15. The lowest BCUT2D eigenvalue weighted by molar-refractivity contribution is 1.22. The summed E-state index contributed by atoms with van der Waals surface area (Å²) < 4.78 is 0. The van der Waals surface area contributed by atoms with Crippen LogP contribution in [0.25, 0.3) is 10.8 Å². The van der Waals surface area contributed by atoms with E-state index in [0.717, 1.165) is 6.54 Å². The number of benzene rings is 2. The highest BCUT2D eigenvalue weighted by atomic mass is 14.8. The van der Waals surface area contributed by atoms with Gasteiger partial charge in [-0.05, 0) is 18.4 Å². The zero-order chi connectivity index (χ0) is 25.3. The van der Waals surface area contributed by atoms with Gasteiger partial charge in [0.15, 0.2) is 0 Å². The maximum Gasteiger partial charge on any atom is 0.0419 e. The molecule has 21 heteroatoms. The summed E-state index contributed by atoms with van der Waals surface area (Å²) in [6, 6.07) is 14.8. The minimum atomic E-state index is -0.889. The highest BCUT2D eigenvalue weighted by Crippen LogP contribution is 2.22. The van der Waals surface area contributed by atoms with Crippen LogP contribution >= 0.6 is 0 Å². The zero-order valence-electron chi connectivity index (χ0n) is 19.3. The average Bonchev–Trinajstić information content (AvgIpc) is 2.72. The van der Waals surface area contributed by atoms with E-state index in [4.69, 9.17) is 85.1 Å². The Hall–Kier alpha value is -0.201. The molecule has 0 bridgehead atoms. The predicted molar refractivity (Wildman–Crippen MR) is 173 cm³/mol. The molecule has 0 amide bonds. The standard InChI is InChI=1S/C12H13N.B20/c1-2-13-12-9-5-7-10-6-3-4-8-11(10)12;1-12(2)17(11)20(18(13(3)4)14(5)6)19(15(7)8)16(9)10/h3-9,13H,2H2,1H3;. The van der Waals surface area contributed by atoms with Crippen molar-refractivity contribution < 1.29 is 0 Å². The molecule has 0 saturated heterocycles. The smallest absolute Gasteiger partial charge is 0.0419 e. The predicted octanol–water partition coefficient (Wildman–Crippen LogP) is -4.34. The van der Waals surface area contributed by atoms with Crippen molar-refractivity contribution in [1.29, 1.82) is 0 Å². The second-order valence-electron chi connectivity index (χ2n) is 8.25. The van der Waals surface area contributed by atoms with E-state index in [-0.39, 0.29) is 0 Å². The van der Waals surface area contributed by atoms with E-state index in [0.29, 0.717) is 0 Å². The molecule has 1 N–H and O–H groups in total. The molecule has 1 nitrogen and oxygen atoms in total. The fourth-order valence-corrected chi connectivity index (χ4v) is 4.14. The van der Waals surface area contributed by atoms with E-state index >= 15 is 0 Å². The maximum atomic E-state index is 6.02. The Morgan fingerprint density at radius 3 is 1.45 bits per heavy atom. The second-order valence-corrected chi connectivity index (χ2v) is 8.25. The van der Waals surface area contributed by atoms with Gasteiger partial charge in [-0.1, -0.05) is 36.4 Å². The van der Waals surface area contributed by atoms with E-state index < -0.39 is 57.5 Å². The molecule has 0 spiro atoms. The highest BCUT2D eigenvalue weighted by molar-refractivity contribution is 8.19. The SMILES string of the molecule is CCNc1cccc2ccccc12.[B]B([B])B([B])B(B(B([B])[B])B([B])[B])B(B([B])[B])B([B])[B]. The lowest BCUT2D eigenvalue weighted by atomic mass is 8.39. The van der Waals surface area contributed by atoms with Gasteiger partial charge >= 0.3 is 0 Å². The van der Waals surface area contributed by atoms with Gasteiger partial charge < -0.3 is 5.32 Å². The number of anilines is 1. The van der Waals surface area contributed by atoms with Crippen molar-refractivity contribution in [1.82, 2.24) is 0 Å². The largest absolute Gasteiger partial charge is 0.385 e. The quantitative estimate of drug-likeness (QED) is 0.407. The monoisotopic (exact) mass is 391 g/mol. The summed E-state index contributed by atoms with van der Waals surface area (Å²) >= 11 is 0. The molecule has 0 aliphatic rings. The van der Waals surface area contributed by atoms with Crippen LogP contribution in [0, 0.1) is 0 Å². The van der Waals surface area contributed by atoms with E-state index in [1.807, 2.05) is 0 Å². The van der Waals surface area contributed by atoms with E-state index in [2.05, 4.69) is 54.7 Å². The molecule has 0 unspecified atom stereocenters. The van der Waals surface area contributed by atoms with Crippen molar-refractivity contribution in [3.05, 3.63) is 42.5 Å². The number of hydrogen-bond donors (Lipinski definition) is 1. The number of hydrogen-bond acceptors (Lipinski definition) is 1. The van der Waals surface area contributed by atoms with Crippen molar-refractivity contribution in [2.24, 2.45) is 0 Å². The molecule has 0 fully saturated rings. The second kappa shape index (κ2) is 15.0. The molecule has 2 rings (SSSR count). The first-order chi connectivity index (χ1) is 15.4. The van der Waals surface area contributed by atoms with Crippen molar-refractivity contribution in [2.45, 2.75) is 6.92 Å². The van der Waals surface area contributed by atoms with Crippen LogP contribution in [0.15, 0.2) is 42.5 Å². The molecular formula is C12H13B20N. The van der Waals surface area contributed by atoms with E-state index in [1.54, 1.807) is 0 Å². The number of rotatable bonds is 10. The minimum absolute atomic E-state index is 0.630. The van der Waals surface area contributed by atoms with Crippen LogP contribution in [0.5, 0.6) is 0 Å². The first-order valence-corrected chi connectivity index (χ1v) is 11.0. The van der Waals surface area contributed by atoms with Gasteiger partial charge in [0.1, 0.15) is 0 Å². The topological polar surface area (TPSA) is 12.0 Å². The van der Waals surface area contributed by atoms with Crippen LogP contribution in [0.2, 0.25) is 0 Å². The first-order valence-electron chi connectivity index (χ1n) is 11.0. The zero-order valence-corrected chi connectivity index (χ0v) is 19.3. The summed E-state index contributed by atoms with van der Waals surface area (Å²) in [5.74, 6) is 0. The lowest BCUT2D eigenvalue weighted by Crippen LogP contribution is -2.80. The minimum Gasteiger partial charge on any atom is -0.385 e. The summed E-state index contributed by atoms with van der Waals surface area (Å²) in [5.41, 5.74) is 1.22. The molecule has 2 aromatic carbocycles. The third-order valence-corrected chi connectivity index (χ3v) is 5.71. The van der Waals surface area contributed by atoms with Crippen LogP contribution in [0.3, 0.4) is 0 Å². The lowest BCUT2D eigenvalue weighted by Gasteiger charge is -2.42. The van der Waals surface area contributed by atoms with Crippen LogP contribution in [-0.2, 0) is 0 Å². The van der Waals surface area contributed by atoms with Crippen molar-refractivity contribution in [2.75, 3.05) is 11.9 Å². The van der Waals surface area contributed by atoms with Crippen molar-refractivity contribution in [3.8, 4) is 0 Å². The molecule has 0 heterocycles. The Balaban J connectivity index is 0.000000357. The fourth-order valence-electron chi connectivity index (χ4n) is 4.14. The molecule has 0 aromatic heterocycles. The van der Waals surface area contributed by atoms with Gasteiger partial charge in [-0.25, -0.2) is 0 Å². The molecule has 0 saturated carbocycles. The third-order valence-electron chi connectivity index (χ3n) is 5.71. The summed E-state index contributed by atoms with van der Waals surface area (Å²) in [7, 11) is 63.2. The summed E-state index contributed by atoms with van der Waals surface area (Å²) in [4.78, 5) is 0. The van der Waals surface area contributed by atoms with Crippen LogP contribution in [0.1, 0.15) is 6.92 Å². The molecule has 22 radical (unpaired) electrons.